The van der Waals surface area contributed by atoms with Crippen molar-refractivity contribution in [3.8, 4) is 11.3 Å². The van der Waals surface area contributed by atoms with Gasteiger partial charge in [-0.3, -0.25) is 4.68 Å². The van der Waals surface area contributed by atoms with E-state index in [1.165, 1.54) is 12.3 Å². The van der Waals surface area contributed by atoms with Crippen LogP contribution < -0.4 is 0 Å². The number of hydrogen-bond acceptors (Lipinski definition) is 2. The van der Waals surface area contributed by atoms with Crippen molar-refractivity contribution in [3.63, 3.8) is 0 Å². The van der Waals surface area contributed by atoms with Gasteiger partial charge >= 0.3 is 0 Å². The molecular formula is C9H7ClFN3. The quantitative estimate of drug-likeness (QED) is 0.678. The average molecular weight is 212 g/mol. The van der Waals surface area contributed by atoms with E-state index in [2.05, 4.69) is 10.1 Å². The molecule has 2 aromatic heterocycles. The zero-order valence-corrected chi connectivity index (χ0v) is 8.16. The van der Waals surface area contributed by atoms with Gasteiger partial charge in [-0.15, -0.1) is 0 Å². The highest BCUT2D eigenvalue weighted by atomic mass is 35.5. The van der Waals surface area contributed by atoms with Crippen LogP contribution in [0.1, 0.15) is 0 Å². The number of nitrogens with zero attached hydrogens (tertiary/aromatic N) is 3. The Morgan fingerprint density at radius 3 is 2.86 bits per heavy atom. The molecule has 5 heteroatoms. The highest BCUT2D eigenvalue weighted by molar-refractivity contribution is 6.29. The van der Waals surface area contributed by atoms with Crippen LogP contribution in [-0.4, -0.2) is 14.8 Å². The molecule has 0 aliphatic carbocycles. The maximum absolute atomic E-state index is 13.4. The fourth-order valence-electron chi connectivity index (χ4n) is 1.15. The first-order valence-electron chi connectivity index (χ1n) is 3.98. The number of pyridine rings is 1. The lowest BCUT2D eigenvalue weighted by molar-refractivity contribution is 0.628. The van der Waals surface area contributed by atoms with E-state index < -0.39 is 5.82 Å². The third-order valence-electron chi connectivity index (χ3n) is 1.81. The Morgan fingerprint density at radius 2 is 2.29 bits per heavy atom. The van der Waals surface area contributed by atoms with E-state index in [1.54, 1.807) is 24.0 Å². The van der Waals surface area contributed by atoms with Gasteiger partial charge in [-0.05, 0) is 6.07 Å². The molecule has 2 heterocycles. The summed E-state index contributed by atoms with van der Waals surface area (Å²) in [5.41, 5.74) is 0.907. The summed E-state index contributed by atoms with van der Waals surface area (Å²) in [6.45, 7) is 0. The molecule has 72 valence electrons. The molecule has 0 aromatic carbocycles. The molecule has 0 spiro atoms. The number of rotatable bonds is 1. The molecule has 0 saturated carbocycles. The van der Waals surface area contributed by atoms with Gasteiger partial charge in [0.05, 0.1) is 11.3 Å². The third-order valence-corrected chi connectivity index (χ3v) is 2.02. The van der Waals surface area contributed by atoms with Gasteiger partial charge in [0.1, 0.15) is 11.0 Å². The Labute approximate surface area is 85.1 Å². The van der Waals surface area contributed by atoms with Gasteiger partial charge in [-0.2, -0.15) is 5.10 Å². The molecule has 0 amide bonds. The summed E-state index contributed by atoms with van der Waals surface area (Å²) < 4.78 is 15.0. The highest BCUT2D eigenvalue weighted by Crippen LogP contribution is 2.21. The van der Waals surface area contributed by atoms with E-state index in [4.69, 9.17) is 11.6 Å². The Kier molecular flexibility index (Phi) is 2.21. The van der Waals surface area contributed by atoms with Gasteiger partial charge in [0, 0.05) is 25.5 Å². The van der Waals surface area contributed by atoms with Gasteiger partial charge in [0.2, 0.25) is 0 Å². The van der Waals surface area contributed by atoms with Gasteiger partial charge in [0.25, 0.3) is 0 Å². The zero-order chi connectivity index (χ0) is 10.1. The van der Waals surface area contributed by atoms with Crippen molar-refractivity contribution in [2.75, 3.05) is 0 Å². The lowest BCUT2D eigenvalue weighted by Crippen LogP contribution is -1.91. The van der Waals surface area contributed by atoms with Crippen molar-refractivity contribution in [1.29, 1.82) is 0 Å². The molecule has 0 fully saturated rings. The van der Waals surface area contributed by atoms with Crippen molar-refractivity contribution in [2.24, 2.45) is 7.05 Å². The maximum Gasteiger partial charge on any atom is 0.137 e. The van der Waals surface area contributed by atoms with Crippen LogP contribution in [0.2, 0.25) is 5.15 Å². The van der Waals surface area contributed by atoms with Crippen LogP contribution in [0.4, 0.5) is 4.39 Å². The van der Waals surface area contributed by atoms with Crippen molar-refractivity contribution < 1.29 is 4.39 Å². The number of aryl methyl sites for hydroxylation is 1. The van der Waals surface area contributed by atoms with E-state index in [0.717, 1.165) is 0 Å². The van der Waals surface area contributed by atoms with Crippen LogP contribution in [0.15, 0.2) is 24.5 Å². The van der Waals surface area contributed by atoms with Gasteiger partial charge in [-0.25, -0.2) is 9.37 Å². The van der Waals surface area contributed by atoms with Gasteiger partial charge in [-0.1, -0.05) is 11.6 Å². The van der Waals surface area contributed by atoms with Crippen molar-refractivity contribution in [3.05, 3.63) is 35.5 Å². The summed E-state index contributed by atoms with van der Waals surface area (Å²) in [5, 5.41) is 4.21. The molecule has 0 saturated heterocycles. The molecule has 2 rings (SSSR count). The summed E-state index contributed by atoms with van der Waals surface area (Å²) in [6.07, 6.45) is 3.11. The molecule has 2 aromatic rings. The van der Waals surface area contributed by atoms with Crippen molar-refractivity contribution >= 4 is 11.6 Å². The Morgan fingerprint density at radius 1 is 1.50 bits per heavy atom. The summed E-state index contributed by atoms with van der Waals surface area (Å²) in [5.74, 6) is -0.413. The molecule has 3 nitrogen and oxygen atoms in total. The lowest BCUT2D eigenvalue weighted by Gasteiger charge is -1.98. The first kappa shape index (κ1) is 9.15. The second-order valence-corrected chi connectivity index (χ2v) is 3.25. The van der Waals surface area contributed by atoms with Crippen LogP contribution in [0.5, 0.6) is 0 Å². The third kappa shape index (κ3) is 1.61. The predicted octanol–water partition coefficient (Wildman–Crippen LogP) is 2.27. The zero-order valence-electron chi connectivity index (χ0n) is 7.41. The molecule has 0 aliphatic rings. The summed E-state index contributed by atoms with van der Waals surface area (Å²) >= 11 is 5.53. The summed E-state index contributed by atoms with van der Waals surface area (Å²) in [4.78, 5) is 3.80. The molecule has 0 aliphatic heterocycles. The molecule has 14 heavy (non-hydrogen) atoms. The van der Waals surface area contributed by atoms with E-state index in [9.17, 15) is 4.39 Å². The number of halogens is 2. The van der Waals surface area contributed by atoms with Crippen LogP contribution in [0.25, 0.3) is 11.3 Å². The molecule has 0 bridgehead atoms. The minimum Gasteiger partial charge on any atom is -0.275 e. The first-order valence-corrected chi connectivity index (χ1v) is 4.35. The van der Waals surface area contributed by atoms with Crippen molar-refractivity contribution in [1.82, 2.24) is 14.8 Å². The smallest absolute Gasteiger partial charge is 0.137 e. The van der Waals surface area contributed by atoms with Gasteiger partial charge in [0.15, 0.2) is 0 Å². The molecule has 0 radical (unpaired) electrons. The van der Waals surface area contributed by atoms with E-state index in [-0.39, 0.29) is 5.15 Å². The largest absolute Gasteiger partial charge is 0.275 e. The monoisotopic (exact) mass is 211 g/mol. The Hall–Kier alpha value is -1.42. The molecular weight excluding hydrogens is 205 g/mol. The van der Waals surface area contributed by atoms with Gasteiger partial charge < -0.3 is 0 Å². The Bertz CT molecular complexity index is 467. The van der Waals surface area contributed by atoms with Crippen LogP contribution in [-0.2, 0) is 7.05 Å². The fourth-order valence-corrected chi connectivity index (χ4v) is 1.30. The van der Waals surface area contributed by atoms with E-state index >= 15 is 0 Å². The molecule has 0 atom stereocenters. The van der Waals surface area contributed by atoms with Crippen LogP contribution >= 0.6 is 11.6 Å². The van der Waals surface area contributed by atoms with Crippen molar-refractivity contribution in [2.45, 2.75) is 0 Å². The second kappa shape index (κ2) is 3.38. The van der Waals surface area contributed by atoms with Crippen LogP contribution in [0.3, 0.4) is 0 Å². The topological polar surface area (TPSA) is 30.7 Å². The SMILES string of the molecule is Cn1ccc(-c2cnc(Cl)cc2F)n1. The lowest BCUT2D eigenvalue weighted by atomic mass is 10.2. The van der Waals surface area contributed by atoms with E-state index in [0.29, 0.717) is 11.3 Å². The summed E-state index contributed by atoms with van der Waals surface area (Å²) in [7, 11) is 1.77. The first-order chi connectivity index (χ1) is 6.66. The predicted molar refractivity (Wildman–Crippen MR) is 51.4 cm³/mol. The van der Waals surface area contributed by atoms with Crippen LogP contribution in [0, 0.1) is 5.82 Å². The normalized spacial score (nSPS) is 10.5. The summed E-state index contributed by atoms with van der Waals surface area (Å²) in [6, 6.07) is 2.89. The minimum absolute atomic E-state index is 0.141. The number of aromatic nitrogens is 3. The highest BCUT2D eigenvalue weighted by Gasteiger charge is 2.08. The fraction of sp³-hybridized carbons (Fsp3) is 0.111. The van der Waals surface area contributed by atoms with E-state index in [1.807, 2.05) is 0 Å². The molecule has 0 unspecified atom stereocenters. The average Bonchev–Trinajstić information content (AvgIpc) is 2.51. The maximum atomic E-state index is 13.4. The standard InChI is InChI=1S/C9H7ClFN3/c1-14-3-2-8(13-14)6-5-12-9(10)4-7(6)11/h2-5H,1H3. The minimum atomic E-state index is -0.413. The number of hydrogen-bond donors (Lipinski definition) is 0. The molecule has 0 N–H and O–H groups in total. The second-order valence-electron chi connectivity index (χ2n) is 2.86. The Balaban J connectivity index is 2.52.